The van der Waals surface area contributed by atoms with E-state index in [4.69, 9.17) is 0 Å². The van der Waals surface area contributed by atoms with Crippen LogP contribution in [0, 0.1) is 33.8 Å². The SMILES string of the molecule is CC(C)(C)C(=O)/C=C(\O)C(C)(C)C.CC(C)(C)C(=O)/C=C(\O)C(C)(C)C.[Pt].[Pt].[c-]1cc[c-]c(-c2ccccn2)c1-c1ccccn1. The molecular weight excluding hydrogens is 939 g/mol. The van der Waals surface area contributed by atoms with Gasteiger partial charge in [-0.3, -0.25) is 9.59 Å². The van der Waals surface area contributed by atoms with E-state index in [0.29, 0.717) is 0 Å². The standard InChI is InChI=1S/C16H10N2.2C11H20O2.2Pt/c1-2-8-14(16-10-4-6-12-18-16)13(7-1)15-9-3-5-11-17-15;2*1-10(2,3)8(12)7-9(13)11(4,5)6;;/h1-6,9-12H;2*7,12H,1-6H3;;/q-2;;;;/b;2*8-7-;;. The average molecular weight is 989 g/mol. The van der Waals surface area contributed by atoms with Gasteiger partial charge in [0, 0.05) is 88.3 Å². The zero-order valence-electron chi connectivity index (χ0n) is 29.2. The molecule has 0 aliphatic rings. The van der Waals surface area contributed by atoms with E-state index in [1.165, 1.54) is 12.2 Å². The molecule has 46 heavy (non-hydrogen) atoms. The number of nitrogens with zero attached hydrogens (tertiary/aromatic N) is 2. The molecule has 0 saturated heterocycles. The Labute approximate surface area is 305 Å². The van der Waals surface area contributed by atoms with Crippen molar-refractivity contribution < 1.29 is 61.9 Å². The van der Waals surface area contributed by atoms with Gasteiger partial charge in [-0.05, 0) is 12.1 Å². The van der Waals surface area contributed by atoms with Crippen molar-refractivity contribution in [2.75, 3.05) is 0 Å². The normalized spacial score (nSPS) is 12.2. The maximum absolute atomic E-state index is 11.5. The summed E-state index contributed by atoms with van der Waals surface area (Å²) in [4.78, 5) is 31.7. The van der Waals surface area contributed by atoms with Crippen molar-refractivity contribution in [3.8, 4) is 22.5 Å². The zero-order valence-corrected chi connectivity index (χ0v) is 33.7. The minimum absolute atomic E-state index is 0. The van der Waals surface area contributed by atoms with E-state index in [-0.39, 0.29) is 76.0 Å². The van der Waals surface area contributed by atoms with Crippen LogP contribution in [0.1, 0.15) is 83.1 Å². The van der Waals surface area contributed by atoms with Crippen molar-refractivity contribution >= 4 is 11.6 Å². The summed E-state index contributed by atoms with van der Waals surface area (Å²) < 4.78 is 0. The fourth-order valence-corrected chi connectivity index (χ4v) is 2.93. The van der Waals surface area contributed by atoms with Crippen LogP contribution >= 0.6 is 0 Å². The maximum atomic E-state index is 11.5. The van der Waals surface area contributed by atoms with Gasteiger partial charge in [0.25, 0.3) is 0 Å². The number of carbonyl (C=O) groups excluding carboxylic acids is 2. The van der Waals surface area contributed by atoms with E-state index in [0.717, 1.165) is 22.5 Å². The predicted molar refractivity (Wildman–Crippen MR) is 180 cm³/mol. The fourth-order valence-electron chi connectivity index (χ4n) is 2.93. The van der Waals surface area contributed by atoms with Crippen LogP contribution in [0.4, 0.5) is 0 Å². The van der Waals surface area contributed by atoms with Crippen LogP contribution in [0.15, 0.2) is 84.6 Å². The number of hydrogen-bond acceptors (Lipinski definition) is 6. The van der Waals surface area contributed by atoms with E-state index in [1.54, 1.807) is 12.4 Å². The number of benzene rings is 1. The third-order valence-corrected chi connectivity index (χ3v) is 6.18. The van der Waals surface area contributed by atoms with Crippen molar-refractivity contribution in [3.63, 3.8) is 0 Å². The van der Waals surface area contributed by atoms with Crippen molar-refractivity contribution in [3.05, 3.63) is 96.7 Å². The molecule has 2 heterocycles. The molecule has 0 radical (unpaired) electrons. The van der Waals surface area contributed by atoms with Gasteiger partial charge in [-0.25, -0.2) is 35.4 Å². The molecule has 0 saturated carbocycles. The molecule has 0 aliphatic carbocycles. The Kier molecular flexibility index (Phi) is 19.0. The summed E-state index contributed by atoms with van der Waals surface area (Å²) in [5, 5.41) is 19.1. The van der Waals surface area contributed by atoms with Gasteiger partial charge in [0.15, 0.2) is 11.6 Å². The summed E-state index contributed by atoms with van der Waals surface area (Å²) in [5.74, 6) is 0.208. The molecule has 0 fully saturated rings. The molecular formula is C38H50N2O4Pt2-2. The third-order valence-electron chi connectivity index (χ3n) is 6.18. The van der Waals surface area contributed by atoms with Crippen molar-refractivity contribution in [1.82, 2.24) is 9.97 Å². The second-order valence-electron chi connectivity index (χ2n) is 14.6. The first kappa shape index (κ1) is 45.4. The van der Waals surface area contributed by atoms with Crippen LogP contribution in [0.25, 0.3) is 22.5 Å². The summed E-state index contributed by atoms with van der Waals surface area (Å²) in [6.45, 7) is 22.2. The number of aliphatic hydroxyl groups excluding tert-OH is 2. The number of aliphatic hydroxyl groups is 2. The molecule has 6 nitrogen and oxygen atoms in total. The first-order valence-electron chi connectivity index (χ1n) is 14.7. The van der Waals surface area contributed by atoms with Gasteiger partial charge in [0.05, 0.1) is 0 Å². The van der Waals surface area contributed by atoms with Crippen LogP contribution in [0.5, 0.6) is 0 Å². The van der Waals surface area contributed by atoms with Gasteiger partial charge in [0.1, 0.15) is 11.5 Å². The van der Waals surface area contributed by atoms with Crippen LogP contribution in [-0.2, 0) is 51.7 Å². The molecule has 0 aliphatic heterocycles. The molecule has 0 spiro atoms. The number of carbonyl (C=O) groups is 2. The average Bonchev–Trinajstić information content (AvgIpc) is 2.92. The molecule has 3 aromatic rings. The Morgan fingerprint density at radius 2 is 0.870 bits per heavy atom. The molecule has 258 valence electrons. The van der Waals surface area contributed by atoms with Gasteiger partial charge in [-0.15, -0.1) is 0 Å². The van der Waals surface area contributed by atoms with Crippen molar-refractivity contribution in [2.24, 2.45) is 21.7 Å². The van der Waals surface area contributed by atoms with Crippen LogP contribution in [-0.4, -0.2) is 31.7 Å². The van der Waals surface area contributed by atoms with E-state index in [1.807, 2.05) is 132 Å². The van der Waals surface area contributed by atoms with Gasteiger partial charge >= 0.3 is 0 Å². The first-order valence-corrected chi connectivity index (χ1v) is 14.7. The Balaban J connectivity index is 0. The summed E-state index contributed by atoms with van der Waals surface area (Å²) in [6, 6.07) is 21.8. The molecule has 8 heteroatoms. The summed E-state index contributed by atoms with van der Waals surface area (Å²) >= 11 is 0. The Hall–Kier alpha value is -2.68. The Morgan fingerprint density at radius 3 is 1.09 bits per heavy atom. The molecule has 0 unspecified atom stereocenters. The smallest absolute Gasteiger partial charge is 0.164 e. The van der Waals surface area contributed by atoms with Gasteiger partial charge in [0.2, 0.25) is 0 Å². The molecule has 0 bridgehead atoms. The number of aromatic nitrogens is 2. The minimum Gasteiger partial charge on any atom is -0.512 e. The number of allylic oxidation sites excluding steroid dienone is 4. The summed E-state index contributed by atoms with van der Waals surface area (Å²) in [7, 11) is 0. The summed E-state index contributed by atoms with van der Waals surface area (Å²) in [5.41, 5.74) is 2.10. The van der Waals surface area contributed by atoms with E-state index in [9.17, 15) is 19.8 Å². The topological polar surface area (TPSA) is 100 Å². The second kappa shape index (κ2) is 19.2. The molecule has 1 aromatic carbocycles. The van der Waals surface area contributed by atoms with Crippen molar-refractivity contribution in [2.45, 2.75) is 83.1 Å². The van der Waals surface area contributed by atoms with Crippen molar-refractivity contribution in [1.29, 1.82) is 0 Å². The predicted octanol–water partition coefficient (Wildman–Crippen LogP) is 9.59. The van der Waals surface area contributed by atoms with Crippen LogP contribution in [0.3, 0.4) is 0 Å². The molecule has 2 N–H and O–H groups in total. The largest absolute Gasteiger partial charge is 0.512 e. The fraction of sp³-hybridized carbons (Fsp3) is 0.421. The third kappa shape index (κ3) is 16.2. The van der Waals surface area contributed by atoms with Gasteiger partial charge in [-0.2, -0.15) is 0 Å². The Morgan fingerprint density at radius 1 is 0.565 bits per heavy atom. The number of pyridine rings is 2. The zero-order chi connectivity index (χ0) is 33.9. The molecule has 2 aromatic heterocycles. The van der Waals surface area contributed by atoms with Crippen LogP contribution < -0.4 is 0 Å². The maximum Gasteiger partial charge on any atom is 0.164 e. The van der Waals surface area contributed by atoms with E-state index < -0.39 is 10.8 Å². The second-order valence-corrected chi connectivity index (χ2v) is 14.6. The van der Waals surface area contributed by atoms with Gasteiger partial charge < -0.3 is 20.2 Å². The summed E-state index contributed by atoms with van der Waals surface area (Å²) in [6.07, 6.45) is 6.22. The van der Waals surface area contributed by atoms with Crippen LogP contribution in [0.2, 0.25) is 0 Å². The first-order chi connectivity index (χ1) is 20.0. The quantitative estimate of drug-likeness (QED) is 0.154. The monoisotopic (exact) mass is 988 g/mol. The number of rotatable bonds is 4. The number of ketones is 2. The molecule has 3 rings (SSSR count). The number of hydrogen-bond donors (Lipinski definition) is 2. The van der Waals surface area contributed by atoms with E-state index >= 15 is 0 Å². The van der Waals surface area contributed by atoms with E-state index in [2.05, 4.69) is 22.1 Å². The van der Waals surface area contributed by atoms with Gasteiger partial charge in [-0.1, -0.05) is 119 Å². The minimum atomic E-state index is -0.417. The molecule has 0 atom stereocenters. The molecule has 0 amide bonds. The Bertz CT molecular complexity index is 1310.